The molecule has 0 aliphatic heterocycles. The van der Waals surface area contributed by atoms with Crippen LogP contribution in [-0.2, 0) is 95.4 Å². The second-order valence-corrected chi connectivity index (χ2v) is 50.8. The van der Waals surface area contributed by atoms with Crippen LogP contribution in [0.4, 0.5) is 0 Å². The molecule has 0 aliphatic carbocycles. The predicted molar refractivity (Wildman–Crippen MR) is 458 cm³/mol. The Morgan fingerprint density at radius 3 is 1.22 bits per heavy atom. The number of carbonyl (C=O) groups excluding carboxylic acids is 1. The number of aryl methyl sites for hydroxylation is 8. The largest absolute Gasteiger partial charge is 0.302 e. The van der Waals surface area contributed by atoms with Crippen LogP contribution in [0.2, 0.25) is 0 Å². The van der Waals surface area contributed by atoms with Crippen molar-refractivity contribution in [2.75, 3.05) is 49.3 Å². The molecule has 3 aromatic rings. The van der Waals surface area contributed by atoms with Gasteiger partial charge in [0, 0.05) is 124 Å². The van der Waals surface area contributed by atoms with Crippen LogP contribution in [0.3, 0.4) is 0 Å². The number of unbranched alkanes of at least 4 members (excludes halogenated alkanes) is 14. The van der Waals surface area contributed by atoms with Crippen molar-refractivity contribution in [1.82, 2.24) is 34.4 Å². The summed E-state index contributed by atoms with van der Waals surface area (Å²) in [6.07, 6.45) is 34.0. The van der Waals surface area contributed by atoms with E-state index in [0.717, 1.165) is 163 Å². The number of aliphatic imine (C=N–C) groups is 2. The van der Waals surface area contributed by atoms with Gasteiger partial charge >= 0.3 is 0 Å². The molecule has 0 spiro atoms. The van der Waals surface area contributed by atoms with Crippen molar-refractivity contribution in [3.8, 4) is 12.3 Å². The zero-order chi connectivity index (χ0) is 73.8. The molecule has 3 heterocycles. The Bertz CT molecular complexity index is 3130. The Kier molecular flexibility index (Phi) is 56.8. The van der Waals surface area contributed by atoms with E-state index in [4.69, 9.17) is 110 Å². The molecular formula is C65H127N19OP6S6. The number of amidine groups is 1. The number of nitrogens with two attached hydrogens (primary N) is 5. The molecule has 6 unspecified atom stereocenters. The molecule has 0 radical (unpaired) electrons. The number of hydrogen-bond donors (Lipinski definition) is 7. The first-order valence-electron chi connectivity index (χ1n) is 34.6. The molecule has 0 aliphatic rings. The van der Waals surface area contributed by atoms with Gasteiger partial charge in [-0.05, 0) is 130 Å². The number of hydrogen-bond acceptors (Lipinski definition) is 11. The van der Waals surface area contributed by atoms with Crippen LogP contribution in [0.5, 0.6) is 0 Å². The van der Waals surface area contributed by atoms with Crippen molar-refractivity contribution in [3.05, 3.63) is 52.4 Å². The van der Waals surface area contributed by atoms with Crippen LogP contribution < -0.4 is 32.6 Å². The van der Waals surface area contributed by atoms with Crippen LogP contribution >= 0.6 is 37.7 Å². The predicted octanol–water partition coefficient (Wildman–Crippen LogP) is 17.1. The third kappa shape index (κ3) is 56.4. The minimum Gasteiger partial charge on any atom is -0.302 e. The monoisotopic (exact) mass is 1570 g/mol. The van der Waals surface area contributed by atoms with Crippen LogP contribution in [0.15, 0.2) is 47.2 Å². The van der Waals surface area contributed by atoms with Crippen LogP contribution in [0, 0.1) is 59.3 Å². The summed E-state index contributed by atoms with van der Waals surface area (Å²) in [6.45, 7) is 29.3. The van der Waals surface area contributed by atoms with E-state index in [-0.39, 0.29) is 18.2 Å². The molecule has 554 valence electrons. The number of nitrogens with one attached hydrogen (secondary N) is 2. The molecule has 0 fully saturated rings. The highest BCUT2D eigenvalue weighted by atomic mass is 32.5. The van der Waals surface area contributed by atoms with Crippen molar-refractivity contribution in [1.29, 1.82) is 5.41 Å². The van der Waals surface area contributed by atoms with E-state index in [9.17, 15) is 4.79 Å². The highest BCUT2D eigenvalue weighted by molar-refractivity contribution is 8.14. The molecule has 97 heavy (non-hydrogen) atoms. The summed E-state index contributed by atoms with van der Waals surface area (Å²) < 4.78 is 23.2. The van der Waals surface area contributed by atoms with E-state index < -0.39 is 37.7 Å². The highest BCUT2D eigenvalue weighted by Crippen LogP contribution is 2.44. The minimum absolute atomic E-state index is 0.134. The lowest BCUT2D eigenvalue weighted by Gasteiger charge is -2.24. The van der Waals surface area contributed by atoms with Gasteiger partial charge in [0.25, 0.3) is 0 Å². The van der Waals surface area contributed by atoms with Gasteiger partial charge in [0.1, 0.15) is 31.2 Å². The van der Waals surface area contributed by atoms with E-state index in [1.807, 2.05) is 36.3 Å². The molecule has 0 saturated carbocycles. The lowest BCUT2D eigenvalue weighted by atomic mass is 10.3. The quantitative estimate of drug-likeness (QED) is 0.00910. The van der Waals surface area contributed by atoms with Crippen LogP contribution in [-0.4, -0.2) is 128 Å². The molecular weight excluding hydrogens is 1440 g/mol. The first-order valence-corrected chi connectivity index (χ1v) is 53.0. The number of terminal acetylenes is 1. The molecule has 0 aromatic carbocycles. The average molecular weight is 1570 g/mol. The third-order valence-electron chi connectivity index (χ3n) is 14.4. The molecule has 12 N–H and O–H groups in total. The van der Waals surface area contributed by atoms with E-state index in [1.54, 1.807) is 18.6 Å². The van der Waals surface area contributed by atoms with E-state index in [1.165, 1.54) is 87.8 Å². The normalized spacial score (nSPS) is 15.4. The Balaban J connectivity index is 0. The summed E-state index contributed by atoms with van der Waals surface area (Å²) in [6, 6.07) is 6.33. The molecule has 1 amide bonds. The fraction of sp³-hybridized carbons (Fsp3) is 0.708. The van der Waals surface area contributed by atoms with Crippen molar-refractivity contribution >= 4 is 158 Å². The lowest BCUT2D eigenvalue weighted by Crippen LogP contribution is -2.22. The summed E-state index contributed by atoms with van der Waals surface area (Å²) in [4.78, 5) is 18.0. The molecule has 6 atom stereocenters. The zero-order valence-corrected chi connectivity index (χ0v) is 71.7. The maximum Gasteiger partial charge on any atom is 0.242 e. The van der Waals surface area contributed by atoms with Gasteiger partial charge in [-0.25, -0.2) is 29.0 Å². The molecule has 0 bridgehead atoms. The fourth-order valence-electron chi connectivity index (χ4n) is 8.95. The number of aromatic nitrogens is 6. The summed E-state index contributed by atoms with van der Waals surface area (Å²) in [5.41, 5.74) is 37.0. The van der Waals surface area contributed by atoms with Crippen molar-refractivity contribution in [2.24, 2.45) is 56.6 Å². The standard InChI is InChI=1S/C18H32N5PS.C12H28N4P2S2.C12H24N3OPS.C12H24N3PS.C11H19N4PS/c1-6-7-8-10-24(25,11-9-22-17(4)12-15(2)20-22)19-14-23-18(5)13-16(3)21-23;1-3-5-7-11-17(13,19)15-9-10-16-18(14,20)12-8-6-4-2;1-3-4-8-11-17(13,18)15-10-7-5-6-9-14-12(2)16;1-4-5-6-8-16(13,17)9-7-15-12(3)10-11(2)14-15;1-3-5-6-10-16(13,17)15-9-8-14-11(12)7-4-2/h12-13H,6-11,14H2,1-5H3,(H,19,25);9-10H,3-8,11-12H2,1-2H3,(H2,13,19)(H2,14,20);9-10H,3-8,11H2,1-2H3,(H2,13,18);10H,4-9H2,1-3H3,(H2,13,17);2,8-9,12H,3,5-7,10H2,1H3,(H2,13,17). The van der Waals surface area contributed by atoms with E-state index >= 15 is 0 Å². The van der Waals surface area contributed by atoms with Crippen LogP contribution in [0.1, 0.15) is 224 Å². The number of carbonyl (C=O) groups is 1. The van der Waals surface area contributed by atoms with Crippen LogP contribution in [0.25, 0.3) is 0 Å². The molecule has 20 nitrogen and oxygen atoms in total. The minimum atomic E-state index is -2.10. The Morgan fingerprint density at radius 1 is 0.495 bits per heavy atom. The Morgan fingerprint density at radius 2 is 0.845 bits per heavy atom. The van der Waals surface area contributed by atoms with Gasteiger partial charge < -0.3 is 5.50 Å². The molecule has 32 heteroatoms. The summed E-state index contributed by atoms with van der Waals surface area (Å²) in [5, 5.41) is 24.6. The number of nitrogens with zero attached hydrogens (tertiary/aromatic N) is 12. The fourth-order valence-corrected chi connectivity index (χ4v) is 20.7. The maximum atomic E-state index is 10.5. The summed E-state index contributed by atoms with van der Waals surface area (Å²) >= 11 is 32.9. The number of amides is 1. The van der Waals surface area contributed by atoms with Gasteiger partial charge in [-0.15, -0.1) is 6.42 Å². The lowest BCUT2D eigenvalue weighted by molar-refractivity contribution is -0.115. The van der Waals surface area contributed by atoms with Gasteiger partial charge in [0.05, 0.1) is 30.2 Å². The van der Waals surface area contributed by atoms with Gasteiger partial charge in [-0.3, -0.25) is 51.4 Å². The topological polar surface area (TPSA) is 311 Å². The molecule has 3 aromatic heterocycles. The van der Waals surface area contributed by atoms with E-state index in [2.05, 4.69) is 141 Å². The second-order valence-electron chi connectivity index (χ2n) is 24.4. The molecule has 3 rings (SSSR count). The SMILES string of the molecule is C#CCC(=N)N=CC=NP(N)(=S)CCCCC.CCCCCP(=S)(CCn1nc(C)cc1C)NCn1nc(C)cc1C.CCCCCP(N)(=S)CCn1nc(C)cc1C.CCCCCP(N)(=S)N=CC=NP(N)(=S)CCCCC.CCCCCP(N)(=S)N=CCCCC=NC(C)=O. The highest BCUT2D eigenvalue weighted by Gasteiger charge is 2.19. The smallest absolute Gasteiger partial charge is 0.242 e. The van der Waals surface area contributed by atoms with E-state index in [0.29, 0.717) is 6.67 Å². The third-order valence-corrected chi connectivity index (χ3v) is 31.0. The van der Waals surface area contributed by atoms with Crippen molar-refractivity contribution < 1.29 is 4.79 Å². The van der Waals surface area contributed by atoms with Crippen molar-refractivity contribution in [2.45, 2.75) is 251 Å². The first-order chi connectivity index (χ1) is 45.6. The first kappa shape index (κ1) is 97.3. The summed E-state index contributed by atoms with van der Waals surface area (Å²) in [7, 11) is 0. The average Bonchev–Trinajstić information content (AvgIpc) is 1.81. The zero-order valence-electron chi connectivity index (χ0n) is 61.4. The van der Waals surface area contributed by atoms with Gasteiger partial charge in [-0.1, -0.05) is 195 Å². The van der Waals surface area contributed by atoms with Gasteiger partial charge in [0.15, 0.2) is 0 Å². The van der Waals surface area contributed by atoms with Gasteiger partial charge in [0.2, 0.25) is 5.91 Å². The second kappa shape index (κ2) is 56.6. The maximum absolute atomic E-state index is 10.5. The Labute approximate surface area is 619 Å². The Hall–Kier alpha value is -1.79. The number of rotatable bonds is 44. The summed E-state index contributed by atoms with van der Waals surface area (Å²) in [5.74, 6) is 2.32. The molecule has 0 saturated heterocycles. The van der Waals surface area contributed by atoms with Crippen molar-refractivity contribution in [3.63, 3.8) is 0 Å². The van der Waals surface area contributed by atoms with Gasteiger partial charge in [-0.2, -0.15) is 15.3 Å².